The fraction of sp³-hybridized carbons (Fsp3) is 0.267. The van der Waals surface area contributed by atoms with Crippen LogP contribution in [0.4, 0.5) is 4.39 Å². The molecular weight excluding hydrogens is 259 g/mol. The average Bonchev–Trinajstić information content (AvgIpc) is 2.84. The maximum atomic E-state index is 13.6. The minimum Gasteiger partial charge on any atom is -0.493 e. The molecule has 0 atom stereocenters. The van der Waals surface area contributed by atoms with Crippen LogP contribution in [0.25, 0.3) is 0 Å². The zero-order valence-corrected chi connectivity index (χ0v) is 11.1. The zero-order chi connectivity index (χ0) is 14.4. The molecule has 0 aliphatic carbocycles. The van der Waals surface area contributed by atoms with Gasteiger partial charge in [-0.05, 0) is 17.7 Å². The Morgan fingerprint density at radius 3 is 2.95 bits per heavy atom. The molecule has 1 N–H and O–H groups in total. The summed E-state index contributed by atoms with van der Waals surface area (Å²) in [5.74, 6) is 4.95. The van der Waals surface area contributed by atoms with E-state index in [0.717, 1.165) is 5.56 Å². The molecule has 1 heterocycles. The van der Waals surface area contributed by atoms with Crippen LogP contribution in [0.5, 0.6) is 5.75 Å². The minimum atomic E-state index is -0.454. The van der Waals surface area contributed by atoms with Gasteiger partial charge in [-0.2, -0.15) is 5.10 Å². The summed E-state index contributed by atoms with van der Waals surface area (Å²) in [6.07, 6.45) is 4.40. The molecule has 1 aromatic heterocycles. The van der Waals surface area contributed by atoms with Gasteiger partial charge in [0.15, 0.2) is 0 Å². The molecule has 0 bridgehead atoms. The summed E-state index contributed by atoms with van der Waals surface area (Å²) in [7, 11) is 1.85. The minimum absolute atomic E-state index is 0.249. The van der Waals surface area contributed by atoms with Gasteiger partial charge in [-0.25, -0.2) is 4.39 Å². The van der Waals surface area contributed by atoms with Crippen molar-refractivity contribution in [2.45, 2.75) is 6.42 Å². The number of hydrogen-bond acceptors (Lipinski definition) is 3. The number of ether oxygens (including phenoxy) is 1. The van der Waals surface area contributed by atoms with Gasteiger partial charge in [0.2, 0.25) is 0 Å². The molecule has 0 aliphatic rings. The van der Waals surface area contributed by atoms with E-state index in [2.05, 4.69) is 16.9 Å². The van der Waals surface area contributed by atoms with Crippen LogP contribution in [0, 0.1) is 17.7 Å². The number of aromatic nitrogens is 2. The molecule has 0 saturated heterocycles. The van der Waals surface area contributed by atoms with Gasteiger partial charge in [-0.15, -0.1) is 0 Å². The van der Waals surface area contributed by atoms with Crippen molar-refractivity contribution in [1.29, 1.82) is 0 Å². The van der Waals surface area contributed by atoms with E-state index in [1.807, 2.05) is 13.2 Å². The van der Waals surface area contributed by atoms with Crippen LogP contribution in [0.2, 0.25) is 0 Å². The largest absolute Gasteiger partial charge is 0.493 e. The van der Waals surface area contributed by atoms with Crippen LogP contribution >= 0.6 is 0 Å². The van der Waals surface area contributed by atoms with Gasteiger partial charge < -0.3 is 9.84 Å². The number of hydrogen-bond donors (Lipinski definition) is 1. The van der Waals surface area contributed by atoms with Crippen molar-refractivity contribution in [3.63, 3.8) is 0 Å². The highest BCUT2D eigenvalue weighted by atomic mass is 19.1. The van der Waals surface area contributed by atoms with Crippen molar-refractivity contribution in [1.82, 2.24) is 9.78 Å². The molecule has 0 amide bonds. The Balaban J connectivity index is 1.91. The summed E-state index contributed by atoms with van der Waals surface area (Å²) in [5.41, 5.74) is 1.32. The van der Waals surface area contributed by atoms with E-state index < -0.39 is 5.82 Å². The quantitative estimate of drug-likeness (QED) is 0.860. The molecule has 5 heteroatoms. The highest BCUT2D eigenvalue weighted by Gasteiger charge is 2.03. The number of halogens is 1. The first-order valence-corrected chi connectivity index (χ1v) is 6.18. The van der Waals surface area contributed by atoms with E-state index in [1.165, 1.54) is 12.1 Å². The maximum absolute atomic E-state index is 13.6. The van der Waals surface area contributed by atoms with Gasteiger partial charge in [0, 0.05) is 25.7 Å². The second-order valence-corrected chi connectivity index (χ2v) is 4.22. The molecule has 20 heavy (non-hydrogen) atoms. The van der Waals surface area contributed by atoms with E-state index in [-0.39, 0.29) is 12.2 Å². The summed E-state index contributed by atoms with van der Waals surface area (Å²) < 4.78 is 20.9. The van der Waals surface area contributed by atoms with Crippen LogP contribution in [-0.2, 0) is 13.5 Å². The Bertz CT molecular complexity index is 641. The number of aliphatic hydroxyl groups is 1. The monoisotopic (exact) mass is 274 g/mol. The van der Waals surface area contributed by atoms with Crippen molar-refractivity contribution < 1.29 is 14.2 Å². The summed E-state index contributed by atoms with van der Waals surface area (Å²) in [6, 6.07) is 4.50. The van der Waals surface area contributed by atoms with Gasteiger partial charge >= 0.3 is 0 Å². The lowest BCUT2D eigenvalue weighted by Gasteiger charge is -2.05. The van der Waals surface area contributed by atoms with Crippen LogP contribution in [0.3, 0.4) is 0 Å². The van der Waals surface area contributed by atoms with E-state index >= 15 is 0 Å². The Labute approximate surface area is 116 Å². The first kappa shape index (κ1) is 14.1. The van der Waals surface area contributed by atoms with Gasteiger partial charge in [0.05, 0.1) is 18.4 Å². The van der Waals surface area contributed by atoms with Crippen molar-refractivity contribution in [2.75, 3.05) is 13.2 Å². The van der Waals surface area contributed by atoms with Gasteiger partial charge in [0.1, 0.15) is 18.2 Å². The SMILES string of the molecule is Cn1cc(CCOc2ccc(C#CCO)c(F)c2)cn1. The molecule has 104 valence electrons. The average molecular weight is 274 g/mol. The van der Waals surface area contributed by atoms with E-state index in [1.54, 1.807) is 16.9 Å². The fourth-order valence-electron chi connectivity index (χ4n) is 1.71. The number of aliphatic hydroxyl groups excluding tert-OH is 1. The lowest BCUT2D eigenvalue weighted by molar-refractivity contribution is 0.320. The smallest absolute Gasteiger partial charge is 0.142 e. The maximum Gasteiger partial charge on any atom is 0.142 e. The molecule has 4 nitrogen and oxygen atoms in total. The van der Waals surface area contributed by atoms with E-state index in [9.17, 15) is 4.39 Å². The Morgan fingerprint density at radius 1 is 1.45 bits per heavy atom. The lowest BCUT2D eigenvalue weighted by atomic mass is 10.2. The van der Waals surface area contributed by atoms with Crippen LogP contribution in [0.1, 0.15) is 11.1 Å². The fourth-order valence-corrected chi connectivity index (χ4v) is 1.71. The molecule has 0 spiro atoms. The van der Waals surface area contributed by atoms with Gasteiger partial charge in [-0.1, -0.05) is 11.8 Å². The standard InChI is InChI=1S/C15H15FN2O2/c1-18-11-12(10-17-18)6-8-20-14-5-4-13(3-2-7-19)15(16)9-14/h4-5,9-11,19H,6-8H2,1H3. The van der Waals surface area contributed by atoms with Crippen molar-refractivity contribution >= 4 is 0 Å². The highest BCUT2D eigenvalue weighted by molar-refractivity contribution is 5.39. The number of rotatable bonds is 4. The molecule has 2 aromatic rings. The topological polar surface area (TPSA) is 47.3 Å². The Hall–Kier alpha value is -2.32. The third-order valence-corrected chi connectivity index (χ3v) is 2.66. The predicted octanol–water partition coefficient (Wildman–Crippen LogP) is 1.52. The third kappa shape index (κ3) is 3.84. The molecule has 0 radical (unpaired) electrons. The Morgan fingerprint density at radius 2 is 2.30 bits per heavy atom. The molecular formula is C15H15FN2O2. The first-order chi connectivity index (χ1) is 9.69. The number of nitrogens with zero attached hydrogens (tertiary/aromatic N) is 2. The van der Waals surface area contributed by atoms with E-state index in [0.29, 0.717) is 18.8 Å². The molecule has 0 fully saturated rings. The number of aryl methyl sites for hydroxylation is 1. The number of benzene rings is 1. The lowest BCUT2D eigenvalue weighted by Crippen LogP contribution is -2.01. The molecule has 2 rings (SSSR count). The summed E-state index contributed by atoms with van der Waals surface area (Å²) in [5, 5.41) is 12.6. The van der Waals surface area contributed by atoms with Crippen LogP contribution in [0.15, 0.2) is 30.6 Å². The summed E-state index contributed by atoms with van der Waals surface area (Å²) in [4.78, 5) is 0. The normalized spacial score (nSPS) is 9.95. The van der Waals surface area contributed by atoms with Crippen LogP contribution in [-0.4, -0.2) is 28.1 Å². The van der Waals surface area contributed by atoms with Crippen molar-refractivity contribution in [3.05, 3.63) is 47.5 Å². The molecule has 0 saturated carbocycles. The molecule has 0 unspecified atom stereocenters. The van der Waals surface area contributed by atoms with Crippen LogP contribution < -0.4 is 4.74 Å². The molecule has 0 aliphatic heterocycles. The Kier molecular flexibility index (Phi) is 4.75. The zero-order valence-electron chi connectivity index (χ0n) is 11.1. The third-order valence-electron chi connectivity index (χ3n) is 2.66. The summed E-state index contributed by atoms with van der Waals surface area (Å²) >= 11 is 0. The second kappa shape index (κ2) is 6.73. The van der Waals surface area contributed by atoms with Crippen molar-refractivity contribution in [3.8, 4) is 17.6 Å². The second-order valence-electron chi connectivity index (χ2n) is 4.22. The summed E-state index contributed by atoms with van der Waals surface area (Å²) in [6.45, 7) is 0.162. The predicted molar refractivity (Wildman–Crippen MR) is 72.8 cm³/mol. The highest BCUT2D eigenvalue weighted by Crippen LogP contribution is 2.16. The van der Waals surface area contributed by atoms with E-state index in [4.69, 9.17) is 9.84 Å². The van der Waals surface area contributed by atoms with Gasteiger partial charge in [0.25, 0.3) is 0 Å². The van der Waals surface area contributed by atoms with Crippen molar-refractivity contribution in [2.24, 2.45) is 7.05 Å². The molecule has 1 aromatic carbocycles. The first-order valence-electron chi connectivity index (χ1n) is 6.18. The van der Waals surface area contributed by atoms with Gasteiger partial charge in [-0.3, -0.25) is 4.68 Å².